The second kappa shape index (κ2) is 9.72. The topological polar surface area (TPSA) is 61.4 Å². The van der Waals surface area contributed by atoms with Crippen molar-refractivity contribution in [3.63, 3.8) is 0 Å². The number of hydrogen-bond donors (Lipinski definition) is 2. The van der Waals surface area contributed by atoms with Crippen LogP contribution in [0, 0.1) is 0 Å². The van der Waals surface area contributed by atoms with Gasteiger partial charge in [-0.3, -0.25) is 9.59 Å². The lowest BCUT2D eigenvalue weighted by Crippen LogP contribution is -2.53. The number of carbonyl (C=O) groups is 2. The van der Waals surface area contributed by atoms with Crippen LogP contribution in [-0.4, -0.2) is 48.9 Å². The number of nitrogens with zero attached hydrogens (tertiary/aromatic N) is 1. The van der Waals surface area contributed by atoms with E-state index in [2.05, 4.69) is 29.6 Å². The minimum absolute atomic E-state index is 0.00339. The highest BCUT2D eigenvalue weighted by molar-refractivity contribution is 5.94. The van der Waals surface area contributed by atoms with Crippen LogP contribution in [0.1, 0.15) is 62.2 Å². The molecule has 5 nitrogen and oxygen atoms in total. The van der Waals surface area contributed by atoms with Gasteiger partial charge in [-0.15, -0.1) is 0 Å². The van der Waals surface area contributed by atoms with Crippen LogP contribution >= 0.6 is 0 Å². The molecule has 0 aliphatic heterocycles. The number of carbonyl (C=O) groups excluding carboxylic acids is 2. The average molecular weight is 360 g/mol. The van der Waals surface area contributed by atoms with Gasteiger partial charge < -0.3 is 15.5 Å². The van der Waals surface area contributed by atoms with E-state index < -0.39 is 0 Å². The van der Waals surface area contributed by atoms with E-state index in [1.54, 1.807) is 12.1 Å². The lowest BCUT2D eigenvalue weighted by atomic mass is 9.88. The summed E-state index contributed by atoms with van der Waals surface area (Å²) in [6.07, 6.45) is 7.55. The summed E-state index contributed by atoms with van der Waals surface area (Å²) in [6.45, 7) is 2.55. The Morgan fingerprint density at radius 1 is 1.08 bits per heavy atom. The van der Waals surface area contributed by atoms with Crippen molar-refractivity contribution in [1.29, 1.82) is 0 Å². The van der Waals surface area contributed by atoms with Gasteiger partial charge in [0, 0.05) is 30.1 Å². The smallest absolute Gasteiger partial charge is 0.251 e. The van der Waals surface area contributed by atoms with Crippen LogP contribution in [0.3, 0.4) is 0 Å². The maximum Gasteiger partial charge on any atom is 0.251 e. The van der Waals surface area contributed by atoms with Gasteiger partial charge in [-0.2, -0.15) is 0 Å². The summed E-state index contributed by atoms with van der Waals surface area (Å²) >= 11 is 0. The molecule has 2 rings (SSSR count). The first-order valence-electron chi connectivity index (χ1n) is 9.73. The summed E-state index contributed by atoms with van der Waals surface area (Å²) in [7, 11) is 4.22. The standard InChI is InChI=1S/C21H33N3O2/c1-17(23-20(26)18-11-7-6-8-12-18)15-19(25)22-16-21(24(2)3)13-9-4-5-10-14-21/h6-8,11-12,17H,4-5,9-10,13-16H2,1-3H3,(H,22,25)(H,23,26)/t17-/m1/s1. The molecule has 1 saturated carbocycles. The van der Waals surface area contributed by atoms with E-state index in [0.717, 1.165) is 12.8 Å². The van der Waals surface area contributed by atoms with Crippen molar-refractivity contribution >= 4 is 11.8 Å². The third-order valence-corrected chi connectivity index (χ3v) is 5.50. The SMILES string of the molecule is C[C@H](CC(=O)NCC1(N(C)C)CCCCCC1)NC(=O)c1ccccc1. The molecule has 0 aromatic heterocycles. The molecular weight excluding hydrogens is 326 g/mol. The van der Waals surface area contributed by atoms with E-state index in [0.29, 0.717) is 18.5 Å². The fourth-order valence-corrected chi connectivity index (χ4v) is 3.73. The van der Waals surface area contributed by atoms with Crippen molar-refractivity contribution in [2.24, 2.45) is 0 Å². The highest BCUT2D eigenvalue weighted by Gasteiger charge is 2.33. The maximum absolute atomic E-state index is 12.4. The summed E-state index contributed by atoms with van der Waals surface area (Å²) in [5, 5.41) is 6.01. The third-order valence-electron chi connectivity index (χ3n) is 5.50. The molecule has 5 heteroatoms. The summed E-state index contributed by atoms with van der Waals surface area (Å²) in [5.41, 5.74) is 0.674. The fraction of sp³-hybridized carbons (Fsp3) is 0.619. The van der Waals surface area contributed by atoms with Gasteiger partial charge in [0.25, 0.3) is 5.91 Å². The summed E-state index contributed by atoms with van der Waals surface area (Å²) in [6, 6.07) is 8.89. The van der Waals surface area contributed by atoms with Crippen molar-refractivity contribution in [2.75, 3.05) is 20.6 Å². The number of nitrogens with one attached hydrogen (secondary N) is 2. The third kappa shape index (κ3) is 5.84. The minimum atomic E-state index is -0.202. The molecule has 0 radical (unpaired) electrons. The number of amides is 2. The maximum atomic E-state index is 12.4. The summed E-state index contributed by atoms with van der Waals surface area (Å²) < 4.78 is 0. The van der Waals surface area contributed by atoms with Crippen molar-refractivity contribution in [1.82, 2.24) is 15.5 Å². The first-order chi connectivity index (χ1) is 12.4. The van der Waals surface area contributed by atoms with E-state index in [4.69, 9.17) is 0 Å². The Balaban J connectivity index is 1.82. The Hall–Kier alpha value is -1.88. The molecule has 1 aliphatic rings. The molecule has 26 heavy (non-hydrogen) atoms. The van der Waals surface area contributed by atoms with Gasteiger partial charge in [-0.25, -0.2) is 0 Å². The highest BCUT2D eigenvalue weighted by Crippen LogP contribution is 2.30. The van der Waals surface area contributed by atoms with Crippen molar-refractivity contribution in [3.8, 4) is 0 Å². The zero-order chi connectivity index (χ0) is 19.0. The Morgan fingerprint density at radius 3 is 2.27 bits per heavy atom. The first kappa shape index (κ1) is 20.4. The van der Waals surface area contributed by atoms with E-state index >= 15 is 0 Å². The van der Waals surface area contributed by atoms with Gasteiger partial charge in [0.05, 0.1) is 0 Å². The number of benzene rings is 1. The molecule has 1 atom stereocenters. The Labute approximate surface area is 157 Å². The molecule has 0 unspecified atom stereocenters. The molecule has 0 bridgehead atoms. The van der Waals surface area contributed by atoms with Crippen molar-refractivity contribution in [2.45, 2.75) is 63.5 Å². The average Bonchev–Trinajstić information content (AvgIpc) is 2.87. The molecule has 0 saturated heterocycles. The molecule has 0 heterocycles. The van der Waals surface area contributed by atoms with E-state index in [1.165, 1.54) is 25.7 Å². The van der Waals surface area contributed by atoms with Crippen molar-refractivity contribution < 1.29 is 9.59 Å². The fourth-order valence-electron chi connectivity index (χ4n) is 3.73. The van der Waals surface area contributed by atoms with Gasteiger partial charge in [0.2, 0.25) is 5.91 Å². The molecule has 1 fully saturated rings. The van der Waals surface area contributed by atoms with E-state index in [-0.39, 0.29) is 23.4 Å². The Bertz CT molecular complexity index is 578. The molecule has 1 aromatic rings. The zero-order valence-corrected chi connectivity index (χ0v) is 16.4. The van der Waals surface area contributed by atoms with E-state index in [1.807, 2.05) is 25.1 Å². The molecule has 1 aromatic carbocycles. The van der Waals surface area contributed by atoms with Crippen LogP contribution in [-0.2, 0) is 4.79 Å². The largest absolute Gasteiger partial charge is 0.354 e. The second-order valence-corrected chi connectivity index (χ2v) is 7.75. The zero-order valence-electron chi connectivity index (χ0n) is 16.4. The van der Waals surface area contributed by atoms with Gasteiger partial charge in [0.15, 0.2) is 0 Å². The van der Waals surface area contributed by atoms with Crippen LogP contribution in [0.25, 0.3) is 0 Å². The second-order valence-electron chi connectivity index (χ2n) is 7.75. The van der Waals surface area contributed by atoms with Gasteiger partial charge in [-0.1, -0.05) is 43.9 Å². The summed E-state index contributed by atoms with van der Waals surface area (Å²) in [4.78, 5) is 26.8. The number of rotatable bonds is 7. The van der Waals surface area contributed by atoms with Crippen LogP contribution in [0.15, 0.2) is 30.3 Å². The quantitative estimate of drug-likeness (QED) is 0.736. The molecule has 144 valence electrons. The van der Waals surface area contributed by atoms with Crippen LogP contribution < -0.4 is 10.6 Å². The van der Waals surface area contributed by atoms with Gasteiger partial charge >= 0.3 is 0 Å². The molecule has 1 aliphatic carbocycles. The predicted octanol–water partition coefficient (Wildman–Crippen LogP) is 2.97. The molecule has 2 amide bonds. The summed E-state index contributed by atoms with van der Waals surface area (Å²) in [5.74, 6) is -0.143. The molecular formula is C21H33N3O2. The predicted molar refractivity (Wildman–Crippen MR) is 105 cm³/mol. The molecule has 2 N–H and O–H groups in total. The molecule has 0 spiro atoms. The lowest BCUT2D eigenvalue weighted by molar-refractivity contribution is -0.122. The van der Waals surface area contributed by atoms with Gasteiger partial charge in [-0.05, 0) is 46.0 Å². The van der Waals surface area contributed by atoms with Crippen LogP contribution in [0.5, 0.6) is 0 Å². The monoisotopic (exact) mass is 359 g/mol. The Morgan fingerprint density at radius 2 is 1.69 bits per heavy atom. The van der Waals surface area contributed by atoms with Crippen LogP contribution in [0.4, 0.5) is 0 Å². The van der Waals surface area contributed by atoms with Gasteiger partial charge in [0.1, 0.15) is 0 Å². The van der Waals surface area contributed by atoms with Crippen molar-refractivity contribution in [3.05, 3.63) is 35.9 Å². The minimum Gasteiger partial charge on any atom is -0.354 e. The number of likely N-dealkylation sites (N-methyl/N-ethyl adjacent to an activating group) is 1. The normalized spacial score (nSPS) is 18.0. The lowest BCUT2D eigenvalue weighted by Gasteiger charge is -2.39. The Kier molecular flexibility index (Phi) is 7.64. The highest BCUT2D eigenvalue weighted by atomic mass is 16.2. The van der Waals surface area contributed by atoms with Crippen LogP contribution in [0.2, 0.25) is 0 Å². The van der Waals surface area contributed by atoms with E-state index in [9.17, 15) is 9.59 Å². The number of hydrogen-bond acceptors (Lipinski definition) is 3. The first-order valence-corrected chi connectivity index (χ1v) is 9.73.